The van der Waals surface area contributed by atoms with Gasteiger partial charge in [0.05, 0.1) is 11.6 Å². The Hall–Kier alpha value is -2.10. The first-order valence-electron chi connectivity index (χ1n) is 8.98. The van der Waals surface area contributed by atoms with Gasteiger partial charge in [-0.1, -0.05) is 42.7 Å². The van der Waals surface area contributed by atoms with Gasteiger partial charge in [0.25, 0.3) is 0 Å². The smallest absolute Gasteiger partial charge is 0.170 e. The Kier molecular flexibility index (Phi) is 3.91. The van der Waals surface area contributed by atoms with E-state index >= 15 is 0 Å². The van der Waals surface area contributed by atoms with E-state index in [0.717, 1.165) is 18.4 Å². The summed E-state index contributed by atoms with van der Waals surface area (Å²) in [5.74, 6) is 0.903. The molecule has 3 unspecified atom stereocenters. The number of nitrogens with zero attached hydrogens (tertiary/aromatic N) is 1. The average molecular weight is 324 g/mol. The van der Waals surface area contributed by atoms with Crippen molar-refractivity contribution < 1.29 is 9.90 Å². The standard InChI is InChI=1S/C20H24N2O2/c1-12-5-4-6-13(9-12)14-10-17(23)19(18(24)11-14)20-21-15-7-2-3-8-16(15)22-20/h4-6,9,14-16,23H,2-3,7-8,10-11H2,1H3,(H,21,22). The normalized spacial score (nSPS) is 30.0. The molecule has 3 atom stereocenters. The van der Waals surface area contributed by atoms with Crippen molar-refractivity contribution in [3.05, 3.63) is 46.7 Å². The maximum absolute atomic E-state index is 12.7. The maximum atomic E-state index is 12.7. The molecule has 126 valence electrons. The molecule has 3 aliphatic rings. The lowest BCUT2D eigenvalue weighted by atomic mass is 9.82. The number of allylic oxidation sites excluding steroid dienone is 1. The van der Waals surface area contributed by atoms with Crippen LogP contribution in [-0.4, -0.2) is 28.8 Å². The number of Topliss-reactive ketones (excluding diaryl/α,β-unsaturated/α-hetero) is 1. The van der Waals surface area contributed by atoms with Crippen LogP contribution in [-0.2, 0) is 4.79 Å². The molecule has 2 N–H and O–H groups in total. The first-order valence-corrected chi connectivity index (χ1v) is 8.98. The number of carbonyl (C=O) groups is 1. The lowest BCUT2D eigenvalue weighted by molar-refractivity contribution is -0.116. The molecule has 4 rings (SSSR count). The predicted octanol–water partition coefficient (Wildman–Crippen LogP) is 3.57. The summed E-state index contributed by atoms with van der Waals surface area (Å²) in [4.78, 5) is 17.4. The van der Waals surface area contributed by atoms with E-state index in [9.17, 15) is 9.90 Å². The van der Waals surface area contributed by atoms with Crippen LogP contribution in [0.2, 0.25) is 0 Å². The second-order valence-corrected chi connectivity index (χ2v) is 7.34. The number of nitrogens with one attached hydrogen (secondary N) is 1. The molecular weight excluding hydrogens is 300 g/mol. The SMILES string of the molecule is Cc1cccc(C2CC(=O)C(C3=NC4CCCCC4N3)=C(O)C2)c1. The molecule has 4 nitrogen and oxygen atoms in total. The largest absolute Gasteiger partial charge is 0.511 e. The zero-order valence-corrected chi connectivity index (χ0v) is 14.1. The highest BCUT2D eigenvalue weighted by Gasteiger charge is 2.37. The molecule has 0 bridgehead atoms. The van der Waals surface area contributed by atoms with Crippen LogP contribution in [0.5, 0.6) is 0 Å². The summed E-state index contributed by atoms with van der Waals surface area (Å²) in [6, 6.07) is 8.83. The number of ketones is 1. The number of amidine groups is 1. The lowest BCUT2D eigenvalue weighted by Crippen LogP contribution is -2.39. The number of benzene rings is 1. The molecule has 1 heterocycles. The van der Waals surface area contributed by atoms with Crippen molar-refractivity contribution in [2.24, 2.45) is 4.99 Å². The van der Waals surface area contributed by atoms with Gasteiger partial charge in [-0.3, -0.25) is 9.79 Å². The van der Waals surface area contributed by atoms with E-state index in [1.54, 1.807) is 0 Å². The number of carbonyl (C=O) groups excluding carboxylic acids is 1. The maximum Gasteiger partial charge on any atom is 0.170 e. The minimum absolute atomic E-state index is 0.00940. The number of hydrogen-bond donors (Lipinski definition) is 2. The van der Waals surface area contributed by atoms with Gasteiger partial charge in [-0.2, -0.15) is 0 Å². The number of rotatable bonds is 2. The molecule has 0 aromatic heterocycles. The van der Waals surface area contributed by atoms with Crippen LogP contribution in [0.4, 0.5) is 0 Å². The van der Waals surface area contributed by atoms with Gasteiger partial charge in [-0.25, -0.2) is 0 Å². The van der Waals surface area contributed by atoms with Gasteiger partial charge < -0.3 is 10.4 Å². The molecule has 1 aromatic carbocycles. The summed E-state index contributed by atoms with van der Waals surface area (Å²) < 4.78 is 0. The summed E-state index contributed by atoms with van der Waals surface area (Å²) in [5, 5.41) is 14.0. The summed E-state index contributed by atoms with van der Waals surface area (Å²) in [6.07, 6.45) is 5.56. The molecule has 0 radical (unpaired) electrons. The van der Waals surface area contributed by atoms with Gasteiger partial charge in [0.1, 0.15) is 11.6 Å². The van der Waals surface area contributed by atoms with Gasteiger partial charge in [0, 0.05) is 18.9 Å². The van der Waals surface area contributed by atoms with E-state index in [2.05, 4.69) is 11.4 Å². The monoisotopic (exact) mass is 324 g/mol. The van der Waals surface area contributed by atoms with Crippen LogP contribution in [0.25, 0.3) is 0 Å². The van der Waals surface area contributed by atoms with Crippen LogP contribution in [0, 0.1) is 6.92 Å². The molecular formula is C20H24N2O2. The molecule has 1 aromatic rings. The van der Waals surface area contributed by atoms with Crippen molar-refractivity contribution in [3.63, 3.8) is 0 Å². The highest BCUT2D eigenvalue weighted by atomic mass is 16.3. The quantitative estimate of drug-likeness (QED) is 0.874. The molecule has 24 heavy (non-hydrogen) atoms. The fraction of sp³-hybridized carbons (Fsp3) is 0.500. The van der Waals surface area contributed by atoms with Crippen molar-refractivity contribution in [2.45, 2.75) is 63.5 Å². The lowest BCUT2D eigenvalue weighted by Gasteiger charge is -2.25. The van der Waals surface area contributed by atoms with Gasteiger partial charge in [0.2, 0.25) is 0 Å². The van der Waals surface area contributed by atoms with E-state index < -0.39 is 0 Å². The molecule has 1 aliphatic heterocycles. The molecule has 2 aliphatic carbocycles. The van der Waals surface area contributed by atoms with Gasteiger partial charge in [0.15, 0.2) is 5.78 Å². The minimum Gasteiger partial charge on any atom is -0.511 e. The molecule has 4 heteroatoms. The van der Waals surface area contributed by atoms with Crippen molar-refractivity contribution in [3.8, 4) is 0 Å². The predicted molar refractivity (Wildman–Crippen MR) is 94.4 cm³/mol. The van der Waals surface area contributed by atoms with Crippen LogP contribution in [0.1, 0.15) is 55.6 Å². The number of aryl methyl sites for hydroxylation is 1. The van der Waals surface area contributed by atoms with E-state index in [1.807, 2.05) is 25.1 Å². The second-order valence-electron chi connectivity index (χ2n) is 7.34. The third kappa shape index (κ3) is 2.74. The molecule has 1 fully saturated rings. The molecule has 0 amide bonds. The highest BCUT2D eigenvalue weighted by Crippen LogP contribution is 2.35. The van der Waals surface area contributed by atoms with E-state index in [1.165, 1.54) is 18.4 Å². The van der Waals surface area contributed by atoms with Crippen molar-refractivity contribution >= 4 is 11.6 Å². The van der Waals surface area contributed by atoms with Crippen LogP contribution in [0.3, 0.4) is 0 Å². The third-order valence-corrected chi connectivity index (χ3v) is 5.54. The third-order valence-electron chi connectivity index (χ3n) is 5.54. The van der Waals surface area contributed by atoms with Gasteiger partial charge in [-0.15, -0.1) is 0 Å². The summed E-state index contributed by atoms with van der Waals surface area (Å²) in [7, 11) is 0. The molecule has 0 spiro atoms. The van der Waals surface area contributed by atoms with Crippen LogP contribution < -0.4 is 5.32 Å². The van der Waals surface area contributed by atoms with Crippen LogP contribution in [0.15, 0.2) is 40.6 Å². The average Bonchev–Trinajstić information content (AvgIpc) is 2.97. The van der Waals surface area contributed by atoms with E-state index in [0.29, 0.717) is 30.3 Å². The minimum atomic E-state index is 0.00940. The van der Waals surface area contributed by atoms with Crippen molar-refractivity contribution in [1.82, 2.24) is 5.32 Å². The number of aliphatic hydroxyl groups excluding tert-OH is 1. The van der Waals surface area contributed by atoms with Gasteiger partial charge >= 0.3 is 0 Å². The second kappa shape index (κ2) is 6.08. The van der Waals surface area contributed by atoms with Crippen molar-refractivity contribution in [2.75, 3.05) is 0 Å². The summed E-state index contributed by atoms with van der Waals surface area (Å²) >= 11 is 0. The number of fused-ring (bicyclic) bond motifs is 1. The zero-order valence-electron chi connectivity index (χ0n) is 14.1. The first-order chi connectivity index (χ1) is 11.6. The van der Waals surface area contributed by atoms with E-state index in [-0.39, 0.29) is 23.5 Å². The summed E-state index contributed by atoms with van der Waals surface area (Å²) in [6.45, 7) is 2.05. The van der Waals surface area contributed by atoms with Gasteiger partial charge in [-0.05, 0) is 31.2 Å². The Morgan fingerprint density at radius 3 is 2.79 bits per heavy atom. The first kappa shape index (κ1) is 15.4. The zero-order chi connectivity index (χ0) is 16.7. The van der Waals surface area contributed by atoms with E-state index in [4.69, 9.17) is 4.99 Å². The summed E-state index contributed by atoms with van der Waals surface area (Å²) in [5.41, 5.74) is 2.75. The highest BCUT2D eigenvalue weighted by molar-refractivity contribution is 6.23. The fourth-order valence-electron chi connectivity index (χ4n) is 4.27. The Morgan fingerprint density at radius 2 is 2.04 bits per heavy atom. The Labute approximate surface area is 142 Å². The topological polar surface area (TPSA) is 61.7 Å². The number of hydrogen-bond acceptors (Lipinski definition) is 4. The molecule has 0 saturated heterocycles. The number of aliphatic imine (C=N–C) groups is 1. The molecule has 1 saturated carbocycles. The van der Waals surface area contributed by atoms with Crippen molar-refractivity contribution in [1.29, 1.82) is 0 Å². The number of aliphatic hydroxyl groups is 1. The Balaban J connectivity index is 1.59. The Morgan fingerprint density at radius 1 is 1.21 bits per heavy atom. The Bertz CT molecular complexity index is 735. The van der Waals surface area contributed by atoms with Crippen LogP contribution >= 0.6 is 0 Å². The fourth-order valence-corrected chi connectivity index (χ4v) is 4.27.